The molecule has 1 atom stereocenters. The third-order valence-corrected chi connectivity index (χ3v) is 9.81. The summed E-state index contributed by atoms with van der Waals surface area (Å²) in [5.41, 5.74) is 11.2. The van der Waals surface area contributed by atoms with E-state index in [0.717, 1.165) is 44.4 Å². The van der Waals surface area contributed by atoms with Gasteiger partial charge < -0.3 is 14.6 Å². The molecule has 1 aromatic heterocycles. The van der Waals surface area contributed by atoms with E-state index < -0.39 is 0 Å². The molecule has 0 amide bonds. The summed E-state index contributed by atoms with van der Waals surface area (Å²) in [5.74, 6) is 0. The second-order valence-corrected chi connectivity index (χ2v) is 12.6. The predicted molar refractivity (Wildman–Crippen MR) is 201 cm³/mol. The lowest BCUT2D eigenvalue weighted by molar-refractivity contribution is 0.670. The number of furan rings is 1. The molecule has 0 radical (unpaired) electrons. The van der Waals surface area contributed by atoms with E-state index in [-0.39, 0.29) is 6.17 Å². The van der Waals surface area contributed by atoms with Gasteiger partial charge in [0.2, 0.25) is 0 Å². The van der Waals surface area contributed by atoms with Gasteiger partial charge in [-0.15, -0.1) is 0 Å². The topological polar surface area (TPSA) is 28.4 Å². The lowest BCUT2D eigenvalue weighted by Crippen LogP contribution is -2.23. The molecular formula is C45H30N2O. The Labute approximate surface area is 278 Å². The van der Waals surface area contributed by atoms with Gasteiger partial charge in [0, 0.05) is 22.0 Å². The largest absolute Gasteiger partial charge is 0.455 e. The molecular weight excluding hydrogens is 585 g/mol. The van der Waals surface area contributed by atoms with Crippen LogP contribution in [0.1, 0.15) is 11.7 Å². The van der Waals surface area contributed by atoms with Gasteiger partial charge in [-0.05, 0) is 92.3 Å². The first-order valence-electron chi connectivity index (χ1n) is 16.5. The summed E-state index contributed by atoms with van der Waals surface area (Å²) in [6.07, 6.45) is 0.0150. The normalized spacial score (nSPS) is 14.2. The van der Waals surface area contributed by atoms with E-state index >= 15 is 0 Å². The molecule has 0 saturated heterocycles. The van der Waals surface area contributed by atoms with Crippen LogP contribution < -0.4 is 10.2 Å². The second kappa shape index (κ2) is 10.6. The molecule has 8 aromatic carbocycles. The number of benzene rings is 8. The zero-order valence-electron chi connectivity index (χ0n) is 26.1. The van der Waals surface area contributed by atoms with Gasteiger partial charge in [-0.25, -0.2) is 0 Å². The van der Waals surface area contributed by atoms with Crippen molar-refractivity contribution >= 4 is 60.5 Å². The van der Waals surface area contributed by atoms with Gasteiger partial charge in [-0.2, -0.15) is 0 Å². The van der Waals surface area contributed by atoms with Crippen LogP contribution in [0.3, 0.4) is 0 Å². The molecule has 3 nitrogen and oxygen atoms in total. The third kappa shape index (κ3) is 4.21. The van der Waals surface area contributed by atoms with Crippen LogP contribution in [0, 0.1) is 0 Å². The van der Waals surface area contributed by atoms with Crippen molar-refractivity contribution in [2.75, 3.05) is 10.2 Å². The molecule has 9 aromatic rings. The molecule has 3 heteroatoms. The number of anilines is 3. The van der Waals surface area contributed by atoms with Gasteiger partial charge in [0.05, 0.1) is 11.4 Å². The molecule has 0 bridgehead atoms. The Bertz CT molecular complexity index is 2670. The lowest BCUT2D eigenvalue weighted by atomic mass is 9.93. The summed E-state index contributed by atoms with van der Waals surface area (Å²) < 4.78 is 6.54. The molecule has 0 fully saturated rings. The van der Waals surface area contributed by atoms with Gasteiger partial charge in [-0.1, -0.05) is 121 Å². The highest BCUT2D eigenvalue weighted by atomic mass is 16.3. The second-order valence-electron chi connectivity index (χ2n) is 12.6. The van der Waals surface area contributed by atoms with E-state index in [2.05, 4.69) is 174 Å². The number of hydrogen-bond acceptors (Lipinski definition) is 3. The summed E-state index contributed by atoms with van der Waals surface area (Å²) in [5, 5.41) is 10.9. The average molecular weight is 615 g/mol. The maximum absolute atomic E-state index is 6.54. The van der Waals surface area contributed by atoms with Crippen molar-refractivity contribution in [1.29, 1.82) is 0 Å². The highest BCUT2D eigenvalue weighted by Gasteiger charge is 2.31. The molecule has 2 heterocycles. The Balaban J connectivity index is 1.07. The first-order valence-corrected chi connectivity index (χ1v) is 16.5. The van der Waals surface area contributed by atoms with Crippen molar-refractivity contribution in [2.45, 2.75) is 6.17 Å². The fraction of sp³-hybridized carbons (Fsp3) is 0.0222. The van der Waals surface area contributed by atoms with E-state index in [1.807, 2.05) is 6.07 Å². The first kappa shape index (κ1) is 26.9. The Kier molecular flexibility index (Phi) is 5.94. The summed E-state index contributed by atoms with van der Waals surface area (Å²) in [7, 11) is 0. The smallest absolute Gasteiger partial charge is 0.143 e. The zero-order valence-corrected chi connectivity index (χ0v) is 26.1. The molecule has 0 spiro atoms. The maximum Gasteiger partial charge on any atom is 0.143 e. The van der Waals surface area contributed by atoms with Crippen LogP contribution in [-0.2, 0) is 0 Å². The number of rotatable bonds is 4. The molecule has 1 aliphatic rings. The number of nitrogens with zero attached hydrogens (tertiary/aromatic N) is 1. The van der Waals surface area contributed by atoms with Gasteiger partial charge >= 0.3 is 0 Å². The summed E-state index contributed by atoms with van der Waals surface area (Å²) >= 11 is 0. The minimum atomic E-state index is 0.0150. The molecule has 1 N–H and O–H groups in total. The van der Waals surface area contributed by atoms with E-state index in [1.54, 1.807) is 0 Å². The molecule has 0 aliphatic carbocycles. The Morgan fingerprint density at radius 3 is 2.08 bits per heavy atom. The van der Waals surface area contributed by atoms with Crippen LogP contribution in [0.25, 0.3) is 65.7 Å². The van der Waals surface area contributed by atoms with Crippen molar-refractivity contribution in [3.63, 3.8) is 0 Å². The fourth-order valence-corrected chi connectivity index (χ4v) is 7.54. The van der Waals surface area contributed by atoms with E-state index in [9.17, 15) is 0 Å². The van der Waals surface area contributed by atoms with Crippen molar-refractivity contribution in [3.05, 3.63) is 175 Å². The van der Waals surface area contributed by atoms with E-state index in [0.29, 0.717) is 0 Å². The van der Waals surface area contributed by atoms with Crippen LogP contribution in [0.15, 0.2) is 174 Å². The van der Waals surface area contributed by atoms with Gasteiger partial charge in [-0.3, -0.25) is 0 Å². The minimum Gasteiger partial charge on any atom is -0.455 e. The summed E-state index contributed by atoms with van der Waals surface area (Å²) in [6, 6.07) is 60.9. The van der Waals surface area contributed by atoms with Crippen LogP contribution >= 0.6 is 0 Å². The van der Waals surface area contributed by atoms with Crippen LogP contribution in [0.2, 0.25) is 0 Å². The van der Waals surface area contributed by atoms with Crippen molar-refractivity contribution in [1.82, 2.24) is 0 Å². The number of fused-ring (bicyclic) bond motifs is 6. The number of nitrogens with one attached hydrogen (secondary N) is 1. The molecule has 48 heavy (non-hydrogen) atoms. The van der Waals surface area contributed by atoms with Crippen LogP contribution in [0.5, 0.6) is 0 Å². The third-order valence-electron chi connectivity index (χ3n) is 9.81. The summed E-state index contributed by atoms with van der Waals surface area (Å²) in [4.78, 5) is 2.41. The predicted octanol–water partition coefficient (Wildman–Crippen LogP) is 12.5. The SMILES string of the molecule is c1ccc(C2Nc3ccccc3N2c2cccc(-c3ccc4cc(-c5c6ccccc6cc6c5oc5ccccc56)ccc4c3)c2)cc1. The quantitative estimate of drug-likeness (QED) is 0.214. The lowest BCUT2D eigenvalue weighted by Gasteiger charge is -2.28. The highest BCUT2D eigenvalue weighted by molar-refractivity contribution is 6.18. The molecule has 1 aliphatic heterocycles. The molecule has 226 valence electrons. The minimum absolute atomic E-state index is 0.0150. The first-order chi connectivity index (χ1) is 23.8. The standard InChI is InChI=1S/C45H30N2O/c1-2-11-29(12-3-1)45-46-40-18-7-8-19-41(40)47(45)36-15-10-14-30(27-36)31-21-22-33-26-35(24-23-32(33)25-31)43-37-16-5-4-13-34(37)28-39-38-17-6-9-20-42(38)48-44(39)43/h1-28,45-46H. The molecule has 0 saturated carbocycles. The average Bonchev–Trinajstić information content (AvgIpc) is 3.73. The monoisotopic (exact) mass is 614 g/mol. The fourth-order valence-electron chi connectivity index (χ4n) is 7.54. The zero-order chi connectivity index (χ0) is 31.6. The number of hydrogen-bond donors (Lipinski definition) is 1. The Hall–Kier alpha value is -6.32. The number of para-hydroxylation sites is 3. The van der Waals surface area contributed by atoms with Gasteiger partial charge in [0.15, 0.2) is 0 Å². The highest BCUT2D eigenvalue weighted by Crippen LogP contribution is 2.47. The Morgan fingerprint density at radius 1 is 0.479 bits per heavy atom. The van der Waals surface area contributed by atoms with Crippen molar-refractivity contribution < 1.29 is 4.42 Å². The van der Waals surface area contributed by atoms with Crippen molar-refractivity contribution in [3.8, 4) is 22.3 Å². The van der Waals surface area contributed by atoms with Gasteiger partial charge in [0.25, 0.3) is 0 Å². The Morgan fingerprint density at radius 2 is 1.19 bits per heavy atom. The summed E-state index contributed by atoms with van der Waals surface area (Å²) in [6.45, 7) is 0. The van der Waals surface area contributed by atoms with Crippen LogP contribution in [0.4, 0.5) is 17.1 Å². The van der Waals surface area contributed by atoms with E-state index in [4.69, 9.17) is 4.42 Å². The van der Waals surface area contributed by atoms with E-state index in [1.165, 1.54) is 43.9 Å². The molecule has 10 rings (SSSR count). The maximum atomic E-state index is 6.54. The van der Waals surface area contributed by atoms with Crippen LogP contribution in [-0.4, -0.2) is 0 Å². The van der Waals surface area contributed by atoms with Crippen molar-refractivity contribution in [2.24, 2.45) is 0 Å². The van der Waals surface area contributed by atoms with Gasteiger partial charge in [0.1, 0.15) is 17.3 Å². The molecule has 1 unspecified atom stereocenters.